The van der Waals surface area contributed by atoms with Crippen LogP contribution in [0.4, 0.5) is 23.7 Å². The molecule has 0 unspecified atom stereocenters. The van der Waals surface area contributed by atoms with Crippen molar-refractivity contribution in [2.45, 2.75) is 18.6 Å². The lowest BCUT2D eigenvalue weighted by Crippen LogP contribution is -2.45. The van der Waals surface area contributed by atoms with Gasteiger partial charge in [0, 0.05) is 12.1 Å². The summed E-state index contributed by atoms with van der Waals surface area (Å²) in [4.78, 5) is 24.0. The highest BCUT2D eigenvalue weighted by Crippen LogP contribution is 2.30. The Bertz CT molecular complexity index is 764. The average molecular weight is 366 g/mol. The normalized spacial score (nSPS) is 12.2. The van der Waals surface area contributed by atoms with Crippen molar-refractivity contribution in [2.24, 2.45) is 0 Å². The highest BCUT2D eigenvalue weighted by atomic mass is 19.4. The lowest BCUT2D eigenvalue weighted by Gasteiger charge is -2.17. The van der Waals surface area contributed by atoms with E-state index in [1.165, 1.54) is 19.2 Å². The fourth-order valence-electron chi connectivity index (χ4n) is 2.28. The summed E-state index contributed by atoms with van der Waals surface area (Å²) in [5.74, 6) is -0.659. The van der Waals surface area contributed by atoms with E-state index >= 15 is 0 Å². The fraction of sp³-hybridized carbons (Fsp3) is 0.222. The van der Waals surface area contributed by atoms with Crippen molar-refractivity contribution >= 4 is 17.7 Å². The molecule has 0 aliphatic heterocycles. The lowest BCUT2D eigenvalue weighted by molar-refractivity contribution is -0.142. The molecule has 138 valence electrons. The number of ether oxygens (including phenoxy) is 1. The third kappa shape index (κ3) is 5.51. The molecular formula is C18H17F3N2O3. The van der Waals surface area contributed by atoms with E-state index in [4.69, 9.17) is 0 Å². The predicted molar refractivity (Wildman–Crippen MR) is 89.5 cm³/mol. The molecular weight excluding hydrogens is 349 g/mol. The summed E-state index contributed by atoms with van der Waals surface area (Å²) < 4.78 is 42.8. The Morgan fingerprint density at radius 3 is 2.38 bits per heavy atom. The van der Waals surface area contributed by atoms with E-state index < -0.39 is 29.8 Å². The SMILES string of the molecule is COC(=O)[C@@H](Cc1ccccc1)NC(=O)Nc1cccc(C(F)(F)F)c1. The van der Waals surface area contributed by atoms with E-state index in [0.29, 0.717) is 0 Å². The zero-order valence-electron chi connectivity index (χ0n) is 13.8. The number of benzene rings is 2. The van der Waals surface area contributed by atoms with Crippen molar-refractivity contribution < 1.29 is 27.5 Å². The highest BCUT2D eigenvalue weighted by molar-refractivity contribution is 5.92. The predicted octanol–water partition coefficient (Wildman–Crippen LogP) is 3.61. The van der Waals surface area contributed by atoms with Crippen molar-refractivity contribution in [3.05, 3.63) is 65.7 Å². The quantitative estimate of drug-likeness (QED) is 0.795. The summed E-state index contributed by atoms with van der Waals surface area (Å²) in [5, 5.41) is 4.71. The van der Waals surface area contributed by atoms with Gasteiger partial charge in [0.15, 0.2) is 0 Å². The molecule has 2 N–H and O–H groups in total. The molecule has 0 saturated heterocycles. The molecule has 0 spiro atoms. The second kappa shape index (κ2) is 8.37. The van der Waals surface area contributed by atoms with Crippen LogP contribution < -0.4 is 10.6 Å². The van der Waals surface area contributed by atoms with Crippen LogP contribution >= 0.6 is 0 Å². The number of hydrogen-bond acceptors (Lipinski definition) is 3. The van der Waals surface area contributed by atoms with E-state index in [1.54, 1.807) is 24.3 Å². The lowest BCUT2D eigenvalue weighted by atomic mass is 10.1. The first-order valence-corrected chi connectivity index (χ1v) is 7.66. The number of hydrogen-bond donors (Lipinski definition) is 2. The molecule has 5 nitrogen and oxygen atoms in total. The van der Waals surface area contributed by atoms with E-state index in [1.807, 2.05) is 6.07 Å². The zero-order chi connectivity index (χ0) is 19.2. The molecule has 2 aromatic carbocycles. The summed E-state index contributed by atoms with van der Waals surface area (Å²) in [7, 11) is 1.19. The maximum absolute atomic E-state index is 12.7. The third-order valence-corrected chi connectivity index (χ3v) is 3.52. The number of amides is 2. The minimum atomic E-state index is -4.52. The van der Waals surface area contributed by atoms with Crippen LogP contribution in [0.5, 0.6) is 0 Å². The Labute approximate surface area is 148 Å². The van der Waals surface area contributed by atoms with Gasteiger partial charge in [0.1, 0.15) is 6.04 Å². The Balaban J connectivity index is 2.06. The number of urea groups is 1. The summed E-state index contributed by atoms with van der Waals surface area (Å²) in [6.45, 7) is 0. The summed E-state index contributed by atoms with van der Waals surface area (Å²) in [5.41, 5.74) is -0.132. The Morgan fingerprint density at radius 2 is 1.77 bits per heavy atom. The van der Waals surface area contributed by atoms with E-state index in [-0.39, 0.29) is 12.1 Å². The number of halogens is 3. The maximum Gasteiger partial charge on any atom is 0.416 e. The molecule has 0 aromatic heterocycles. The Kier molecular flexibility index (Phi) is 6.21. The molecule has 1 atom stereocenters. The van der Waals surface area contributed by atoms with E-state index in [2.05, 4.69) is 15.4 Å². The van der Waals surface area contributed by atoms with Gasteiger partial charge >= 0.3 is 18.2 Å². The number of methoxy groups -OCH3 is 1. The van der Waals surface area contributed by atoms with Crippen LogP contribution in [-0.4, -0.2) is 25.2 Å². The molecule has 0 fully saturated rings. The molecule has 0 aliphatic rings. The number of carbonyl (C=O) groups excluding carboxylic acids is 2. The average Bonchev–Trinajstić information content (AvgIpc) is 2.61. The first kappa shape index (κ1) is 19.3. The minimum Gasteiger partial charge on any atom is -0.467 e. The summed E-state index contributed by atoms with van der Waals surface area (Å²) in [6.07, 6.45) is -4.33. The number of rotatable bonds is 5. The van der Waals surface area contributed by atoms with E-state index in [9.17, 15) is 22.8 Å². The number of carbonyl (C=O) groups is 2. The van der Waals surface area contributed by atoms with Crippen molar-refractivity contribution in [1.82, 2.24) is 5.32 Å². The second-order valence-corrected chi connectivity index (χ2v) is 5.44. The summed E-state index contributed by atoms with van der Waals surface area (Å²) >= 11 is 0. The van der Waals surface area contributed by atoms with Crippen molar-refractivity contribution in [3.63, 3.8) is 0 Å². The van der Waals surface area contributed by atoms with Gasteiger partial charge in [-0.25, -0.2) is 9.59 Å². The van der Waals surface area contributed by atoms with Gasteiger partial charge in [-0.05, 0) is 23.8 Å². The highest BCUT2D eigenvalue weighted by Gasteiger charge is 2.30. The molecule has 26 heavy (non-hydrogen) atoms. The molecule has 8 heteroatoms. The topological polar surface area (TPSA) is 67.4 Å². The van der Waals surface area contributed by atoms with Gasteiger partial charge < -0.3 is 15.4 Å². The largest absolute Gasteiger partial charge is 0.467 e. The molecule has 0 radical (unpaired) electrons. The van der Waals surface area contributed by atoms with Crippen LogP contribution in [0.15, 0.2) is 54.6 Å². The van der Waals surface area contributed by atoms with E-state index in [0.717, 1.165) is 17.7 Å². The van der Waals surface area contributed by atoms with Gasteiger partial charge in [-0.15, -0.1) is 0 Å². The molecule has 2 aromatic rings. The molecule has 0 bridgehead atoms. The number of alkyl halides is 3. The smallest absolute Gasteiger partial charge is 0.416 e. The molecule has 0 aliphatic carbocycles. The Hall–Kier alpha value is -3.03. The summed E-state index contributed by atoms with van der Waals surface area (Å²) in [6, 6.07) is 11.4. The maximum atomic E-state index is 12.7. The molecule has 0 saturated carbocycles. The van der Waals surface area contributed by atoms with Crippen LogP contribution in [0.2, 0.25) is 0 Å². The van der Waals surface area contributed by atoms with Gasteiger partial charge in [-0.2, -0.15) is 13.2 Å². The van der Waals surface area contributed by atoms with Gasteiger partial charge in [0.25, 0.3) is 0 Å². The number of nitrogens with one attached hydrogen (secondary N) is 2. The van der Waals surface area contributed by atoms with Crippen molar-refractivity contribution in [2.75, 3.05) is 12.4 Å². The number of anilines is 1. The van der Waals surface area contributed by atoms with Crippen LogP contribution in [0.25, 0.3) is 0 Å². The van der Waals surface area contributed by atoms with Crippen LogP contribution in [0, 0.1) is 0 Å². The molecule has 0 heterocycles. The van der Waals surface area contributed by atoms with Gasteiger partial charge in [-0.1, -0.05) is 36.4 Å². The first-order valence-electron chi connectivity index (χ1n) is 7.66. The van der Waals surface area contributed by atoms with Crippen LogP contribution in [0.1, 0.15) is 11.1 Å². The second-order valence-electron chi connectivity index (χ2n) is 5.44. The molecule has 2 rings (SSSR count). The van der Waals surface area contributed by atoms with Crippen LogP contribution in [-0.2, 0) is 22.1 Å². The monoisotopic (exact) mass is 366 g/mol. The zero-order valence-corrected chi connectivity index (χ0v) is 13.8. The van der Waals surface area contributed by atoms with Gasteiger partial charge in [0.05, 0.1) is 12.7 Å². The standard InChI is InChI=1S/C18H17F3N2O3/c1-26-16(24)15(10-12-6-3-2-4-7-12)23-17(25)22-14-9-5-8-13(11-14)18(19,20)21/h2-9,11,15H,10H2,1H3,(H2,22,23,25)/t15-/m1/s1. The van der Waals surface area contributed by atoms with Crippen molar-refractivity contribution in [1.29, 1.82) is 0 Å². The first-order chi connectivity index (χ1) is 12.3. The Morgan fingerprint density at radius 1 is 1.08 bits per heavy atom. The third-order valence-electron chi connectivity index (χ3n) is 3.52. The minimum absolute atomic E-state index is 0.0411. The van der Waals surface area contributed by atoms with Gasteiger partial charge in [-0.3, -0.25) is 0 Å². The van der Waals surface area contributed by atoms with Crippen LogP contribution in [0.3, 0.4) is 0 Å². The fourth-order valence-corrected chi connectivity index (χ4v) is 2.28. The van der Waals surface area contributed by atoms with Gasteiger partial charge in [0.2, 0.25) is 0 Å². The van der Waals surface area contributed by atoms with Crippen molar-refractivity contribution in [3.8, 4) is 0 Å². The molecule has 2 amide bonds. The number of esters is 1.